The van der Waals surface area contributed by atoms with Crippen molar-refractivity contribution in [2.45, 2.75) is 17.1 Å². The number of amides is 1. The highest BCUT2D eigenvalue weighted by atomic mass is 32.2. The molecular weight excluding hydrogens is 378 g/mol. The number of sulfone groups is 1. The summed E-state index contributed by atoms with van der Waals surface area (Å²) in [4.78, 5) is 12.5. The summed E-state index contributed by atoms with van der Waals surface area (Å²) in [6.45, 7) is 1.81. The Morgan fingerprint density at radius 2 is 1.75 bits per heavy atom. The molecule has 0 spiro atoms. The number of benzene rings is 2. The molecule has 146 valence electrons. The largest absolute Gasteiger partial charge is 0.497 e. The van der Waals surface area contributed by atoms with Gasteiger partial charge in [-0.3, -0.25) is 4.79 Å². The van der Waals surface area contributed by atoms with Crippen LogP contribution in [0.1, 0.15) is 26.9 Å². The molecule has 0 saturated carbocycles. The van der Waals surface area contributed by atoms with E-state index in [9.17, 15) is 13.2 Å². The standard InChI is InChI=1S/C21H21NO5S/c1-15-5-7-16(8-6-15)21(23)22-14-20(19-4-3-13-27-19)28(24,25)18-11-9-17(26-2)10-12-18/h3-13,20H,14H2,1-2H3,(H,22,23)/t20-/m1/s1. The van der Waals surface area contributed by atoms with Crippen molar-refractivity contribution >= 4 is 15.7 Å². The molecule has 1 N–H and O–H groups in total. The van der Waals surface area contributed by atoms with E-state index in [1.54, 1.807) is 36.4 Å². The molecule has 0 aliphatic heterocycles. The van der Waals surface area contributed by atoms with Gasteiger partial charge in [-0.15, -0.1) is 0 Å². The van der Waals surface area contributed by atoms with E-state index in [0.29, 0.717) is 11.3 Å². The Morgan fingerprint density at radius 1 is 1.07 bits per heavy atom. The average molecular weight is 399 g/mol. The molecule has 28 heavy (non-hydrogen) atoms. The summed E-state index contributed by atoms with van der Waals surface area (Å²) in [6.07, 6.45) is 1.41. The van der Waals surface area contributed by atoms with Crippen molar-refractivity contribution in [2.24, 2.45) is 0 Å². The molecule has 1 atom stereocenters. The van der Waals surface area contributed by atoms with Crippen LogP contribution in [0.25, 0.3) is 0 Å². The lowest BCUT2D eigenvalue weighted by Gasteiger charge is -2.17. The predicted molar refractivity (Wildman–Crippen MR) is 105 cm³/mol. The fourth-order valence-electron chi connectivity index (χ4n) is 2.76. The van der Waals surface area contributed by atoms with Gasteiger partial charge >= 0.3 is 0 Å². The number of furan rings is 1. The molecule has 6 nitrogen and oxygen atoms in total. The first-order valence-electron chi connectivity index (χ1n) is 8.68. The van der Waals surface area contributed by atoms with Crippen molar-refractivity contribution in [2.75, 3.05) is 13.7 Å². The first-order chi connectivity index (χ1) is 13.4. The van der Waals surface area contributed by atoms with Crippen molar-refractivity contribution < 1.29 is 22.4 Å². The van der Waals surface area contributed by atoms with Crippen molar-refractivity contribution in [1.82, 2.24) is 5.32 Å². The Labute approximate surface area is 164 Å². The highest BCUT2D eigenvalue weighted by molar-refractivity contribution is 7.91. The highest BCUT2D eigenvalue weighted by Crippen LogP contribution is 2.30. The lowest BCUT2D eigenvalue weighted by Crippen LogP contribution is -2.31. The number of aryl methyl sites for hydroxylation is 1. The fraction of sp³-hybridized carbons (Fsp3) is 0.190. The van der Waals surface area contributed by atoms with E-state index in [0.717, 1.165) is 5.56 Å². The SMILES string of the molecule is COc1ccc(S(=O)(=O)[C@H](CNC(=O)c2ccc(C)cc2)c2ccco2)cc1. The molecular formula is C21H21NO5S. The third kappa shape index (κ3) is 4.26. The molecule has 3 rings (SSSR count). The van der Waals surface area contributed by atoms with E-state index in [4.69, 9.17) is 9.15 Å². The first-order valence-corrected chi connectivity index (χ1v) is 10.2. The van der Waals surface area contributed by atoms with Crippen LogP contribution in [0.15, 0.2) is 76.2 Å². The molecule has 7 heteroatoms. The maximum atomic E-state index is 13.2. The van der Waals surface area contributed by atoms with E-state index in [1.807, 2.05) is 19.1 Å². The Bertz CT molecular complexity index is 1020. The van der Waals surface area contributed by atoms with Crippen LogP contribution in [0, 0.1) is 6.92 Å². The van der Waals surface area contributed by atoms with Crippen LogP contribution in [-0.2, 0) is 9.84 Å². The van der Waals surface area contributed by atoms with Gasteiger partial charge in [-0.25, -0.2) is 8.42 Å². The first kappa shape index (κ1) is 19.7. The normalized spacial score (nSPS) is 12.4. The molecule has 0 fully saturated rings. The lowest BCUT2D eigenvalue weighted by molar-refractivity contribution is 0.0953. The molecule has 1 heterocycles. The minimum Gasteiger partial charge on any atom is -0.497 e. The molecule has 1 amide bonds. The Balaban J connectivity index is 1.85. The summed E-state index contributed by atoms with van der Waals surface area (Å²) in [7, 11) is -2.29. The van der Waals surface area contributed by atoms with Crippen molar-refractivity contribution in [1.29, 1.82) is 0 Å². The van der Waals surface area contributed by atoms with Crippen LogP contribution in [-0.4, -0.2) is 28.0 Å². The number of ether oxygens (including phenoxy) is 1. The Kier molecular flexibility index (Phi) is 5.84. The molecule has 0 bridgehead atoms. The number of carbonyl (C=O) groups is 1. The van der Waals surface area contributed by atoms with Crippen LogP contribution < -0.4 is 10.1 Å². The van der Waals surface area contributed by atoms with Crippen molar-refractivity contribution in [3.8, 4) is 5.75 Å². The van der Waals surface area contributed by atoms with E-state index in [1.165, 1.54) is 25.5 Å². The van der Waals surface area contributed by atoms with E-state index < -0.39 is 15.1 Å². The zero-order valence-corrected chi connectivity index (χ0v) is 16.4. The summed E-state index contributed by atoms with van der Waals surface area (Å²) in [5.41, 5.74) is 1.50. The maximum Gasteiger partial charge on any atom is 0.251 e. The second kappa shape index (κ2) is 8.31. The van der Waals surface area contributed by atoms with Gasteiger partial charge in [0.25, 0.3) is 5.91 Å². The molecule has 0 aliphatic carbocycles. The van der Waals surface area contributed by atoms with Gasteiger partial charge < -0.3 is 14.5 Å². The molecule has 3 aromatic rings. The monoisotopic (exact) mass is 399 g/mol. The third-order valence-electron chi connectivity index (χ3n) is 4.38. The van der Waals surface area contributed by atoms with Gasteiger partial charge in [-0.1, -0.05) is 17.7 Å². The third-order valence-corrected chi connectivity index (χ3v) is 6.46. The van der Waals surface area contributed by atoms with E-state index in [-0.39, 0.29) is 23.1 Å². The van der Waals surface area contributed by atoms with Crippen LogP contribution in [0.4, 0.5) is 0 Å². The van der Waals surface area contributed by atoms with Crippen LogP contribution in [0.3, 0.4) is 0 Å². The Morgan fingerprint density at radius 3 is 2.32 bits per heavy atom. The van der Waals surface area contributed by atoms with E-state index in [2.05, 4.69) is 5.32 Å². The molecule has 0 saturated heterocycles. The molecule has 0 unspecified atom stereocenters. The Hall–Kier alpha value is -3.06. The summed E-state index contributed by atoms with van der Waals surface area (Å²) < 4.78 is 36.8. The predicted octanol–water partition coefficient (Wildman–Crippen LogP) is 3.54. The average Bonchev–Trinajstić information content (AvgIpc) is 3.22. The number of rotatable bonds is 7. The number of hydrogen-bond acceptors (Lipinski definition) is 5. The smallest absolute Gasteiger partial charge is 0.251 e. The van der Waals surface area contributed by atoms with Crippen molar-refractivity contribution in [3.63, 3.8) is 0 Å². The fourth-order valence-corrected chi connectivity index (χ4v) is 4.35. The van der Waals surface area contributed by atoms with Gasteiger partial charge in [0.15, 0.2) is 9.84 Å². The van der Waals surface area contributed by atoms with Gasteiger partial charge in [0.2, 0.25) is 0 Å². The topological polar surface area (TPSA) is 85.6 Å². The highest BCUT2D eigenvalue weighted by Gasteiger charge is 2.32. The van der Waals surface area contributed by atoms with Gasteiger partial charge in [-0.05, 0) is 55.5 Å². The second-order valence-corrected chi connectivity index (χ2v) is 8.43. The minimum atomic E-state index is -3.80. The summed E-state index contributed by atoms with van der Waals surface area (Å²) in [5.74, 6) is 0.475. The van der Waals surface area contributed by atoms with Crippen LogP contribution in [0.5, 0.6) is 5.75 Å². The molecule has 1 aromatic heterocycles. The second-order valence-electron chi connectivity index (χ2n) is 6.30. The number of methoxy groups -OCH3 is 1. The summed E-state index contributed by atoms with van der Waals surface area (Å²) in [6, 6.07) is 16.4. The molecule has 2 aromatic carbocycles. The van der Waals surface area contributed by atoms with Crippen LogP contribution >= 0.6 is 0 Å². The van der Waals surface area contributed by atoms with Crippen molar-refractivity contribution in [3.05, 3.63) is 83.8 Å². The zero-order valence-electron chi connectivity index (χ0n) is 15.6. The number of carbonyl (C=O) groups excluding carboxylic acids is 1. The quantitative estimate of drug-likeness (QED) is 0.657. The summed E-state index contributed by atoms with van der Waals surface area (Å²) in [5, 5.41) is 1.65. The summed E-state index contributed by atoms with van der Waals surface area (Å²) >= 11 is 0. The lowest BCUT2D eigenvalue weighted by atomic mass is 10.1. The zero-order chi connectivity index (χ0) is 20.1. The minimum absolute atomic E-state index is 0.116. The van der Waals surface area contributed by atoms with Gasteiger partial charge in [0.1, 0.15) is 16.8 Å². The number of hydrogen-bond donors (Lipinski definition) is 1. The van der Waals surface area contributed by atoms with Gasteiger partial charge in [-0.2, -0.15) is 0 Å². The number of nitrogens with one attached hydrogen (secondary N) is 1. The maximum absolute atomic E-state index is 13.2. The van der Waals surface area contributed by atoms with E-state index >= 15 is 0 Å². The van der Waals surface area contributed by atoms with Gasteiger partial charge in [0.05, 0.1) is 18.3 Å². The molecule has 0 radical (unpaired) electrons. The van der Waals surface area contributed by atoms with Crippen LogP contribution in [0.2, 0.25) is 0 Å². The molecule has 0 aliphatic rings. The van der Waals surface area contributed by atoms with Gasteiger partial charge in [0, 0.05) is 12.1 Å².